The van der Waals surface area contributed by atoms with Gasteiger partial charge in [0.2, 0.25) is 0 Å². The number of hydrogen-bond acceptors (Lipinski definition) is 1. The molecule has 0 bridgehead atoms. The van der Waals surface area contributed by atoms with Gasteiger partial charge >= 0.3 is 0 Å². The highest BCUT2D eigenvalue weighted by Gasteiger charge is 2.03. The topological polar surface area (TPSA) is 36.8 Å². The maximum Gasteiger partial charge on any atom is 0.102 e. The summed E-state index contributed by atoms with van der Waals surface area (Å²) in [7, 11) is 0. The fourth-order valence-electron chi connectivity index (χ4n) is 1.95. The van der Waals surface area contributed by atoms with E-state index in [4.69, 9.17) is 0 Å². The van der Waals surface area contributed by atoms with E-state index in [-0.39, 0.29) is 6.10 Å². The zero-order valence-corrected chi connectivity index (χ0v) is 9.56. The molecule has 0 aliphatic carbocycles. The number of benzene rings is 2. The first-order valence-corrected chi connectivity index (χ1v) is 5.74. The molecule has 2 heteroatoms. The Morgan fingerprint density at radius 1 is 1.12 bits per heavy atom. The van der Waals surface area contributed by atoms with E-state index in [1.807, 2.05) is 6.92 Å². The Hall–Kier alpha value is -1.38. The number of hydrogen-bond donors (Lipinski definition) is 2. The SMILES string of the molecule is C[C@@H](O)C[NH2+]Cc1cccc2ccccc12. The molecular weight excluding hydrogens is 198 g/mol. The van der Waals surface area contributed by atoms with Crippen molar-refractivity contribution >= 4 is 10.8 Å². The van der Waals surface area contributed by atoms with E-state index in [2.05, 4.69) is 47.8 Å². The second-order valence-corrected chi connectivity index (χ2v) is 4.22. The van der Waals surface area contributed by atoms with Gasteiger partial charge < -0.3 is 10.4 Å². The monoisotopic (exact) mass is 216 g/mol. The summed E-state index contributed by atoms with van der Waals surface area (Å²) in [6.07, 6.45) is -0.241. The molecule has 0 radical (unpaired) electrons. The molecular formula is C14H18NO+. The van der Waals surface area contributed by atoms with Gasteiger partial charge in [0.25, 0.3) is 0 Å². The first kappa shape index (κ1) is 11.1. The molecule has 84 valence electrons. The van der Waals surface area contributed by atoms with Crippen LogP contribution in [0.5, 0.6) is 0 Å². The smallest absolute Gasteiger partial charge is 0.102 e. The molecule has 1 atom stereocenters. The van der Waals surface area contributed by atoms with Crippen LogP contribution in [0.15, 0.2) is 42.5 Å². The minimum Gasteiger partial charge on any atom is -0.388 e. The molecule has 2 nitrogen and oxygen atoms in total. The minimum absolute atomic E-state index is 0.241. The molecule has 0 heterocycles. The van der Waals surface area contributed by atoms with E-state index in [0.717, 1.165) is 13.1 Å². The van der Waals surface area contributed by atoms with Crippen molar-refractivity contribution in [3.05, 3.63) is 48.0 Å². The highest BCUT2D eigenvalue weighted by molar-refractivity contribution is 5.85. The van der Waals surface area contributed by atoms with Crippen molar-refractivity contribution < 1.29 is 10.4 Å². The van der Waals surface area contributed by atoms with Crippen LogP contribution in [0.2, 0.25) is 0 Å². The molecule has 2 aromatic rings. The molecule has 0 unspecified atom stereocenters. The Balaban J connectivity index is 2.17. The second-order valence-electron chi connectivity index (χ2n) is 4.22. The zero-order chi connectivity index (χ0) is 11.4. The van der Waals surface area contributed by atoms with Crippen LogP contribution >= 0.6 is 0 Å². The van der Waals surface area contributed by atoms with E-state index in [1.165, 1.54) is 16.3 Å². The molecule has 0 aliphatic rings. The van der Waals surface area contributed by atoms with Gasteiger partial charge in [-0.1, -0.05) is 42.5 Å². The summed E-state index contributed by atoms with van der Waals surface area (Å²) >= 11 is 0. The lowest BCUT2D eigenvalue weighted by Gasteiger charge is -2.07. The lowest BCUT2D eigenvalue weighted by Crippen LogP contribution is -2.84. The standard InChI is InChI=1S/C14H17NO/c1-11(16)9-15-10-13-7-4-6-12-5-2-3-8-14(12)13/h2-8,11,15-16H,9-10H2,1H3/p+1/t11-/m1/s1. The third-order valence-electron chi connectivity index (χ3n) is 2.75. The molecule has 0 aromatic heterocycles. The average Bonchev–Trinajstić information content (AvgIpc) is 2.29. The summed E-state index contributed by atoms with van der Waals surface area (Å²) < 4.78 is 0. The van der Waals surface area contributed by atoms with Crippen LogP contribution in [0, 0.1) is 0 Å². The molecule has 2 rings (SSSR count). The maximum atomic E-state index is 9.21. The number of aliphatic hydroxyl groups is 1. The second kappa shape index (κ2) is 5.10. The number of quaternary nitrogens is 1. The van der Waals surface area contributed by atoms with Crippen molar-refractivity contribution in [2.24, 2.45) is 0 Å². The van der Waals surface area contributed by atoms with E-state index in [9.17, 15) is 5.11 Å². The molecule has 0 saturated heterocycles. The van der Waals surface area contributed by atoms with Crippen LogP contribution in [0.25, 0.3) is 10.8 Å². The van der Waals surface area contributed by atoms with Gasteiger partial charge in [0.05, 0.1) is 6.10 Å². The van der Waals surface area contributed by atoms with E-state index in [0.29, 0.717) is 0 Å². The summed E-state index contributed by atoms with van der Waals surface area (Å²) in [4.78, 5) is 0. The van der Waals surface area contributed by atoms with Crippen LogP contribution in [0.1, 0.15) is 12.5 Å². The predicted octanol–water partition coefficient (Wildman–Crippen LogP) is 1.28. The predicted molar refractivity (Wildman–Crippen MR) is 66.1 cm³/mol. The zero-order valence-electron chi connectivity index (χ0n) is 9.56. The van der Waals surface area contributed by atoms with Crippen molar-refractivity contribution in [1.82, 2.24) is 0 Å². The van der Waals surface area contributed by atoms with Crippen LogP contribution in [0.4, 0.5) is 0 Å². The van der Waals surface area contributed by atoms with E-state index in [1.54, 1.807) is 0 Å². The van der Waals surface area contributed by atoms with Gasteiger partial charge in [0, 0.05) is 5.56 Å². The lowest BCUT2D eigenvalue weighted by atomic mass is 10.0. The van der Waals surface area contributed by atoms with Crippen molar-refractivity contribution in [3.63, 3.8) is 0 Å². The summed E-state index contributed by atoms with van der Waals surface area (Å²) in [5.74, 6) is 0. The Labute approximate surface area is 95.9 Å². The Bertz CT molecular complexity index is 460. The summed E-state index contributed by atoms with van der Waals surface area (Å²) in [6, 6.07) is 14.8. The molecule has 2 aromatic carbocycles. The molecule has 0 aliphatic heterocycles. The highest BCUT2D eigenvalue weighted by Crippen LogP contribution is 2.17. The van der Waals surface area contributed by atoms with Gasteiger partial charge in [0.1, 0.15) is 13.1 Å². The van der Waals surface area contributed by atoms with Crippen LogP contribution in [-0.2, 0) is 6.54 Å². The molecule has 3 N–H and O–H groups in total. The summed E-state index contributed by atoms with van der Waals surface area (Å²) in [5, 5.41) is 14.0. The maximum absolute atomic E-state index is 9.21. The Morgan fingerprint density at radius 2 is 1.88 bits per heavy atom. The molecule has 0 spiro atoms. The largest absolute Gasteiger partial charge is 0.388 e. The van der Waals surface area contributed by atoms with Gasteiger partial charge in [-0.05, 0) is 17.7 Å². The van der Waals surface area contributed by atoms with Gasteiger partial charge in [-0.3, -0.25) is 0 Å². The Kier molecular flexibility index (Phi) is 3.54. The van der Waals surface area contributed by atoms with Gasteiger partial charge in [-0.15, -0.1) is 0 Å². The molecule has 0 fully saturated rings. The fraction of sp³-hybridized carbons (Fsp3) is 0.286. The normalized spacial score (nSPS) is 12.9. The van der Waals surface area contributed by atoms with Gasteiger partial charge in [0.15, 0.2) is 0 Å². The lowest BCUT2D eigenvalue weighted by molar-refractivity contribution is -0.675. The first-order chi connectivity index (χ1) is 7.77. The van der Waals surface area contributed by atoms with Gasteiger partial charge in [-0.2, -0.15) is 0 Å². The van der Waals surface area contributed by atoms with Crippen molar-refractivity contribution in [3.8, 4) is 0 Å². The minimum atomic E-state index is -0.241. The molecule has 0 amide bonds. The van der Waals surface area contributed by atoms with E-state index < -0.39 is 0 Å². The number of nitrogens with two attached hydrogens (primary N) is 1. The van der Waals surface area contributed by atoms with Crippen LogP contribution in [0.3, 0.4) is 0 Å². The summed E-state index contributed by atoms with van der Waals surface area (Å²) in [6.45, 7) is 3.50. The quantitative estimate of drug-likeness (QED) is 0.793. The van der Waals surface area contributed by atoms with Crippen molar-refractivity contribution in [2.45, 2.75) is 19.6 Å². The average molecular weight is 216 g/mol. The third-order valence-corrected chi connectivity index (χ3v) is 2.75. The molecule has 0 saturated carbocycles. The highest BCUT2D eigenvalue weighted by atomic mass is 16.3. The third kappa shape index (κ3) is 2.60. The number of rotatable bonds is 4. The fourth-order valence-corrected chi connectivity index (χ4v) is 1.95. The number of fused-ring (bicyclic) bond motifs is 1. The Morgan fingerprint density at radius 3 is 2.69 bits per heavy atom. The first-order valence-electron chi connectivity index (χ1n) is 5.74. The van der Waals surface area contributed by atoms with Crippen molar-refractivity contribution in [2.75, 3.05) is 6.54 Å². The van der Waals surface area contributed by atoms with E-state index >= 15 is 0 Å². The van der Waals surface area contributed by atoms with Crippen LogP contribution in [-0.4, -0.2) is 17.8 Å². The van der Waals surface area contributed by atoms with Gasteiger partial charge in [-0.25, -0.2) is 0 Å². The van der Waals surface area contributed by atoms with Crippen molar-refractivity contribution in [1.29, 1.82) is 0 Å². The number of aliphatic hydroxyl groups excluding tert-OH is 1. The molecule has 16 heavy (non-hydrogen) atoms. The summed E-state index contributed by atoms with van der Waals surface area (Å²) in [5.41, 5.74) is 1.33. The van der Waals surface area contributed by atoms with Crippen LogP contribution < -0.4 is 5.32 Å².